The van der Waals surface area contributed by atoms with Crippen LogP contribution in [0, 0.1) is 18.8 Å². The average molecular weight is 451 g/mol. The third kappa shape index (κ3) is 3.55. The molecule has 3 aromatic rings. The molecule has 6 rings (SSSR count). The fourth-order valence-electron chi connectivity index (χ4n) is 4.59. The predicted molar refractivity (Wildman–Crippen MR) is 129 cm³/mol. The van der Waals surface area contributed by atoms with Gasteiger partial charge < -0.3 is 15.0 Å². The number of aromatic nitrogens is 3. The van der Waals surface area contributed by atoms with Crippen LogP contribution >= 0.6 is 11.6 Å². The standard InChI is InChI=1S/C22H21ClN6O.C2H6/c1-12-20-22(28-27-12)25-18-6-19(29-8-13-10-30-11-14(13)9-29)24-7-16(18)21(26-20)15-4-2-3-5-17(15)23;1-2/h2-7,13-14H,8-11H2,1H3,(H2,25,27,28);1-2H3. The number of nitrogens with zero attached hydrogens (tertiary/aromatic N) is 4. The van der Waals surface area contributed by atoms with E-state index in [2.05, 4.69) is 26.5 Å². The molecular formula is C24H27ClN6O. The molecule has 5 heterocycles. The van der Waals surface area contributed by atoms with Crippen LogP contribution in [0.3, 0.4) is 0 Å². The second-order valence-electron chi connectivity index (χ2n) is 8.16. The predicted octanol–water partition coefficient (Wildman–Crippen LogP) is 5.10. The minimum absolute atomic E-state index is 0.597. The summed E-state index contributed by atoms with van der Waals surface area (Å²) in [5, 5.41) is 11.6. The summed E-state index contributed by atoms with van der Waals surface area (Å²) in [6.07, 6.45) is 1.90. The van der Waals surface area contributed by atoms with Gasteiger partial charge in [0.15, 0.2) is 5.82 Å². The van der Waals surface area contributed by atoms with Crippen molar-refractivity contribution in [2.45, 2.75) is 20.8 Å². The highest BCUT2D eigenvalue weighted by atomic mass is 35.5. The van der Waals surface area contributed by atoms with Crippen molar-refractivity contribution in [2.75, 3.05) is 36.5 Å². The van der Waals surface area contributed by atoms with Crippen LogP contribution in [0.15, 0.2) is 41.5 Å². The second kappa shape index (κ2) is 8.56. The van der Waals surface area contributed by atoms with E-state index >= 15 is 0 Å². The lowest BCUT2D eigenvalue weighted by molar-refractivity contribution is 0.177. The maximum absolute atomic E-state index is 6.54. The number of halogens is 1. The fraction of sp³-hybridized carbons (Fsp3) is 0.375. The lowest BCUT2D eigenvalue weighted by Gasteiger charge is -2.20. The van der Waals surface area contributed by atoms with Gasteiger partial charge >= 0.3 is 0 Å². The third-order valence-electron chi connectivity index (χ3n) is 6.23. The Morgan fingerprint density at radius 2 is 1.84 bits per heavy atom. The molecule has 0 amide bonds. The number of hydrogen-bond acceptors (Lipinski definition) is 6. The van der Waals surface area contributed by atoms with E-state index in [9.17, 15) is 0 Å². The van der Waals surface area contributed by atoms with Crippen molar-refractivity contribution in [2.24, 2.45) is 16.8 Å². The van der Waals surface area contributed by atoms with Gasteiger partial charge in [-0.05, 0) is 13.0 Å². The number of anilines is 3. The molecule has 2 fully saturated rings. The maximum Gasteiger partial charge on any atom is 0.178 e. The van der Waals surface area contributed by atoms with E-state index in [1.54, 1.807) is 0 Å². The largest absolute Gasteiger partial charge is 0.381 e. The molecule has 3 aliphatic heterocycles. The minimum Gasteiger partial charge on any atom is -0.381 e. The number of benzene rings is 1. The fourth-order valence-corrected chi connectivity index (χ4v) is 4.81. The van der Waals surface area contributed by atoms with Crippen molar-refractivity contribution < 1.29 is 4.74 Å². The number of aliphatic imine (C=N–C) groups is 1. The number of aromatic amines is 1. The smallest absolute Gasteiger partial charge is 0.178 e. The van der Waals surface area contributed by atoms with E-state index in [4.69, 9.17) is 26.3 Å². The Hall–Kier alpha value is -2.90. The highest BCUT2D eigenvalue weighted by molar-refractivity contribution is 6.36. The molecule has 32 heavy (non-hydrogen) atoms. The normalized spacial score (nSPS) is 20.9. The molecule has 2 N–H and O–H groups in total. The van der Waals surface area contributed by atoms with Crippen molar-refractivity contribution in [1.29, 1.82) is 0 Å². The first kappa shape index (κ1) is 21.0. The number of fused-ring (bicyclic) bond motifs is 3. The summed E-state index contributed by atoms with van der Waals surface area (Å²) in [5.74, 6) is 2.86. The Kier molecular flexibility index (Phi) is 5.61. The molecule has 8 heteroatoms. The number of rotatable bonds is 2. The average Bonchev–Trinajstić information content (AvgIpc) is 3.48. The molecule has 2 saturated heterocycles. The molecule has 2 unspecified atom stereocenters. The summed E-state index contributed by atoms with van der Waals surface area (Å²) in [4.78, 5) is 12.1. The molecular weight excluding hydrogens is 424 g/mol. The zero-order chi connectivity index (χ0) is 22.2. The highest BCUT2D eigenvalue weighted by Gasteiger charge is 2.38. The van der Waals surface area contributed by atoms with Gasteiger partial charge in [0.05, 0.1) is 30.3 Å². The summed E-state index contributed by atoms with van der Waals surface area (Å²) in [5.41, 5.74) is 5.19. The summed E-state index contributed by atoms with van der Waals surface area (Å²) >= 11 is 6.54. The second-order valence-corrected chi connectivity index (χ2v) is 8.57. The van der Waals surface area contributed by atoms with Gasteiger partial charge in [0, 0.05) is 53.3 Å². The molecule has 0 aliphatic carbocycles. The van der Waals surface area contributed by atoms with Crippen LogP contribution in [0.2, 0.25) is 5.02 Å². The number of ether oxygens (including phenoxy) is 1. The third-order valence-corrected chi connectivity index (χ3v) is 6.56. The SMILES string of the molecule is CC.Cc1[nH]nc2c1N=C(c1ccccc1Cl)c1cnc(N3CC4COCC4C3)cc1N2. The van der Waals surface area contributed by atoms with Crippen LogP contribution in [-0.2, 0) is 4.74 Å². The molecule has 166 valence electrons. The highest BCUT2D eigenvalue weighted by Crippen LogP contribution is 2.39. The summed E-state index contributed by atoms with van der Waals surface area (Å²) in [6, 6.07) is 9.86. The first-order valence-corrected chi connectivity index (χ1v) is 11.5. The first-order chi connectivity index (χ1) is 15.7. The topological polar surface area (TPSA) is 78.4 Å². The molecule has 0 spiro atoms. The van der Waals surface area contributed by atoms with Crippen LogP contribution < -0.4 is 10.2 Å². The number of hydrogen-bond donors (Lipinski definition) is 2. The Balaban J connectivity index is 0.00000105. The lowest BCUT2D eigenvalue weighted by Crippen LogP contribution is -2.23. The van der Waals surface area contributed by atoms with Crippen LogP contribution in [0.4, 0.5) is 23.0 Å². The van der Waals surface area contributed by atoms with Gasteiger partial charge in [-0.1, -0.05) is 43.6 Å². The van der Waals surface area contributed by atoms with Gasteiger partial charge in [0.1, 0.15) is 11.5 Å². The summed E-state index contributed by atoms with van der Waals surface area (Å²) in [7, 11) is 0. The molecule has 2 aromatic heterocycles. The van der Waals surface area contributed by atoms with E-state index in [1.165, 1.54) is 0 Å². The van der Waals surface area contributed by atoms with Gasteiger partial charge in [-0.2, -0.15) is 5.10 Å². The molecule has 7 nitrogen and oxygen atoms in total. The molecule has 2 atom stereocenters. The van der Waals surface area contributed by atoms with E-state index in [0.29, 0.717) is 22.7 Å². The van der Waals surface area contributed by atoms with Gasteiger partial charge in [-0.25, -0.2) is 9.98 Å². The monoisotopic (exact) mass is 450 g/mol. The van der Waals surface area contributed by atoms with Crippen molar-refractivity contribution >= 4 is 40.3 Å². The molecule has 1 aromatic carbocycles. The lowest BCUT2D eigenvalue weighted by atomic mass is 10.0. The Bertz CT molecular complexity index is 1160. The quantitative estimate of drug-likeness (QED) is 0.444. The van der Waals surface area contributed by atoms with Gasteiger partial charge in [-0.3, -0.25) is 5.10 Å². The van der Waals surface area contributed by atoms with Crippen molar-refractivity contribution in [3.05, 3.63) is 58.4 Å². The molecule has 0 radical (unpaired) electrons. The molecule has 0 bridgehead atoms. The van der Waals surface area contributed by atoms with Crippen molar-refractivity contribution in [1.82, 2.24) is 15.2 Å². The molecule has 3 aliphatic rings. The van der Waals surface area contributed by atoms with E-state index < -0.39 is 0 Å². The molecule has 0 saturated carbocycles. The van der Waals surface area contributed by atoms with E-state index in [1.807, 2.05) is 51.2 Å². The van der Waals surface area contributed by atoms with Crippen LogP contribution in [0.1, 0.15) is 30.7 Å². The van der Waals surface area contributed by atoms with Crippen molar-refractivity contribution in [3.8, 4) is 0 Å². The summed E-state index contributed by atoms with van der Waals surface area (Å²) < 4.78 is 5.62. The zero-order valence-corrected chi connectivity index (χ0v) is 19.3. The first-order valence-electron chi connectivity index (χ1n) is 11.2. The van der Waals surface area contributed by atoms with Crippen LogP contribution in [0.25, 0.3) is 0 Å². The Morgan fingerprint density at radius 1 is 1.09 bits per heavy atom. The van der Waals surface area contributed by atoms with Gasteiger partial charge in [0.25, 0.3) is 0 Å². The number of H-pyrrole nitrogens is 1. The van der Waals surface area contributed by atoms with Gasteiger partial charge in [0.2, 0.25) is 0 Å². The summed E-state index contributed by atoms with van der Waals surface area (Å²) in [6.45, 7) is 9.63. The van der Waals surface area contributed by atoms with E-state index in [0.717, 1.165) is 66.0 Å². The number of aryl methyl sites for hydroxylation is 1. The maximum atomic E-state index is 6.54. The van der Waals surface area contributed by atoms with Crippen molar-refractivity contribution in [3.63, 3.8) is 0 Å². The van der Waals surface area contributed by atoms with Crippen LogP contribution in [-0.4, -0.2) is 47.2 Å². The zero-order valence-electron chi connectivity index (χ0n) is 18.5. The minimum atomic E-state index is 0.597. The van der Waals surface area contributed by atoms with Crippen LogP contribution in [0.5, 0.6) is 0 Å². The Labute approximate surface area is 192 Å². The number of nitrogens with one attached hydrogen (secondary N) is 2. The Morgan fingerprint density at radius 3 is 2.59 bits per heavy atom. The number of pyridine rings is 1. The van der Waals surface area contributed by atoms with Gasteiger partial charge in [-0.15, -0.1) is 0 Å². The van der Waals surface area contributed by atoms with E-state index in [-0.39, 0.29) is 0 Å².